The fourth-order valence-electron chi connectivity index (χ4n) is 3.65. The van der Waals surface area contributed by atoms with Gasteiger partial charge in [-0.1, -0.05) is 12.1 Å². The summed E-state index contributed by atoms with van der Waals surface area (Å²) in [6.45, 7) is 4.76. The van der Waals surface area contributed by atoms with Crippen LogP contribution in [0.5, 0.6) is 0 Å². The van der Waals surface area contributed by atoms with Crippen molar-refractivity contribution in [2.75, 3.05) is 6.61 Å². The fraction of sp³-hybridized carbons (Fsp3) is 0.867. The Labute approximate surface area is 120 Å². The van der Waals surface area contributed by atoms with E-state index in [0.29, 0.717) is 30.4 Å². The predicted octanol–water partition coefficient (Wildman–Crippen LogP) is 2.63. The molecule has 2 fully saturated rings. The van der Waals surface area contributed by atoms with Crippen molar-refractivity contribution < 1.29 is 9.26 Å². The van der Waals surface area contributed by atoms with Crippen LogP contribution in [0.3, 0.4) is 0 Å². The molecule has 20 heavy (non-hydrogen) atoms. The van der Waals surface area contributed by atoms with E-state index in [-0.39, 0.29) is 6.10 Å². The minimum atomic E-state index is -0.0262. The molecular formula is C15H25N3O2. The van der Waals surface area contributed by atoms with Crippen LogP contribution in [0.25, 0.3) is 0 Å². The minimum Gasteiger partial charge on any atom is -0.370 e. The first kappa shape index (κ1) is 14.0. The standard InChI is InChI=1S/C15H25N3O2/c1-3-13(19-4-2)15-17-14(20-18-15)9-10-7-11-5-6-12(8-10)16-11/h10-13,16H,3-9H2,1-2H3. The van der Waals surface area contributed by atoms with Crippen molar-refractivity contribution in [2.24, 2.45) is 5.92 Å². The zero-order chi connectivity index (χ0) is 13.9. The zero-order valence-corrected chi connectivity index (χ0v) is 12.5. The molecule has 5 nitrogen and oxygen atoms in total. The third-order valence-corrected chi connectivity index (χ3v) is 4.54. The first-order valence-corrected chi connectivity index (χ1v) is 7.98. The van der Waals surface area contributed by atoms with E-state index in [2.05, 4.69) is 22.4 Å². The molecule has 2 bridgehead atoms. The van der Waals surface area contributed by atoms with Gasteiger partial charge < -0.3 is 14.6 Å². The molecule has 0 aromatic carbocycles. The quantitative estimate of drug-likeness (QED) is 0.867. The highest BCUT2D eigenvalue weighted by atomic mass is 16.5. The molecule has 3 unspecified atom stereocenters. The summed E-state index contributed by atoms with van der Waals surface area (Å²) in [6, 6.07) is 1.43. The average Bonchev–Trinajstić information content (AvgIpc) is 3.03. The van der Waals surface area contributed by atoms with Gasteiger partial charge in [-0.15, -0.1) is 0 Å². The van der Waals surface area contributed by atoms with E-state index < -0.39 is 0 Å². The Morgan fingerprint density at radius 2 is 2.05 bits per heavy atom. The molecular weight excluding hydrogens is 254 g/mol. The molecule has 5 heteroatoms. The molecule has 0 saturated carbocycles. The first-order chi connectivity index (χ1) is 9.78. The van der Waals surface area contributed by atoms with Gasteiger partial charge in [0.15, 0.2) is 0 Å². The normalized spacial score (nSPS) is 30.6. The van der Waals surface area contributed by atoms with Crippen molar-refractivity contribution in [3.05, 3.63) is 11.7 Å². The first-order valence-electron chi connectivity index (χ1n) is 7.98. The van der Waals surface area contributed by atoms with E-state index in [1.165, 1.54) is 25.7 Å². The van der Waals surface area contributed by atoms with E-state index in [1.807, 2.05) is 6.92 Å². The number of nitrogens with zero attached hydrogens (tertiary/aromatic N) is 2. The maximum atomic E-state index is 5.63. The molecule has 2 saturated heterocycles. The lowest BCUT2D eigenvalue weighted by atomic mass is 9.90. The van der Waals surface area contributed by atoms with Gasteiger partial charge in [0.25, 0.3) is 0 Å². The van der Waals surface area contributed by atoms with Gasteiger partial charge in [-0.3, -0.25) is 0 Å². The second kappa shape index (κ2) is 6.22. The van der Waals surface area contributed by atoms with E-state index in [1.54, 1.807) is 0 Å². The van der Waals surface area contributed by atoms with Crippen molar-refractivity contribution in [3.63, 3.8) is 0 Å². The molecule has 2 aliphatic heterocycles. The van der Waals surface area contributed by atoms with Crippen LogP contribution in [0.15, 0.2) is 4.52 Å². The average molecular weight is 279 g/mol. The summed E-state index contributed by atoms with van der Waals surface area (Å²) >= 11 is 0. The number of nitrogens with one attached hydrogen (secondary N) is 1. The van der Waals surface area contributed by atoms with Crippen LogP contribution in [0.1, 0.15) is 63.8 Å². The summed E-state index contributed by atoms with van der Waals surface area (Å²) in [4.78, 5) is 4.54. The highest BCUT2D eigenvalue weighted by Crippen LogP contribution is 2.32. The van der Waals surface area contributed by atoms with Crippen LogP contribution >= 0.6 is 0 Å². The lowest BCUT2D eigenvalue weighted by Crippen LogP contribution is -2.38. The third kappa shape index (κ3) is 3.04. The third-order valence-electron chi connectivity index (χ3n) is 4.54. The van der Waals surface area contributed by atoms with Crippen molar-refractivity contribution in [1.82, 2.24) is 15.5 Å². The number of hydrogen-bond acceptors (Lipinski definition) is 5. The maximum Gasteiger partial charge on any atom is 0.227 e. The highest BCUT2D eigenvalue weighted by Gasteiger charge is 2.34. The molecule has 0 spiro atoms. The van der Waals surface area contributed by atoms with E-state index >= 15 is 0 Å². The molecule has 1 aromatic heterocycles. The van der Waals surface area contributed by atoms with E-state index in [0.717, 1.165) is 18.7 Å². The van der Waals surface area contributed by atoms with Gasteiger partial charge in [-0.2, -0.15) is 4.98 Å². The van der Waals surface area contributed by atoms with Gasteiger partial charge in [0.1, 0.15) is 6.10 Å². The number of rotatable bonds is 6. The number of ether oxygens (including phenoxy) is 1. The molecule has 1 N–H and O–H groups in total. The Morgan fingerprint density at radius 3 is 2.70 bits per heavy atom. The van der Waals surface area contributed by atoms with Crippen molar-refractivity contribution in [3.8, 4) is 0 Å². The van der Waals surface area contributed by atoms with Crippen LogP contribution in [-0.4, -0.2) is 28.8 Å². The van der Waals surface area contributed by atoms with Gasteiger partial charge in [0.05, 0.1) is 0 Å². The second-order valence-corrected chi connectivity index (χ2v) is 6.08. The second-order valence-electron chi connectivity index (χ2n) is 6.08. The van der Waals surface area contributed by atoms with Crippen LogP contribution in [0.4, 0.5) is 0 Å². The van der Waals surface area contributed by atoms with Crippen LogP contribution in [0, 0.1) is 5.92 Å². The number of aromatic nitrogens is 2. The molecule has 0 aliphatic carbocycles. The summed E-state index contributed by atoms with van der Waals surface area (Å²) in [6.07, 6.45) is 6.93. The van der Waals surface area contributed by atoms with Crippen LogP contribution < -0.4 is 5.32 Å². The molecule has 1 aromatic rings. The molecule has 3 rings (SSSR count). The number of hydrogen-bond donors (Lipinski definition) is 1. The summed E-state index contributed by atoms with van der Waals surface area (Å²) in [7, 11) is 0. The Morgan fingerprint density at radius 1 is 1.30 bits per heavy atom. The monoisotopic (exact) mass is 279 g/mol. The summed E-state index contributed by atoms with van der Waals surface area (Å²) in [5.74, 6) is 2.18. The van der Waals surface area contributed by atoms with Gasteiger partial charge in [-0.05, 0) is 44.9 Å². The molecule has 3 heterocycles. The Balaban J connectivity index is 1.59. The topological polar surface area (TPSA) is 60.2 Å². The fourth-order valence-corrected chi connectivity index (χ4v) is 3.65. The smallest absolute Gasteiger partial charge is 0.227 e. The van der Waals surface area contributed by atoms with Crippen molar-refractivity contribution in [1.29, 1.82) is 0 Å². The highest BCUT2D eigenvalue weighted by molar-refractivity contribution is 4.97. The van der Waals surface area contributed by atoms with Crippen LogP contribution in [-0.2, 0) is 11.2 Å². The predicted molar refractivity (Wildman–Crippen MR) is 75.3 cm³/mol. The Hall–Kier alpha value is -0.940. The summed E-state index contributed by atoms with van der Waals surface area (Å²) < 4.78 is 11.1. The number of piperidine rings is 1. The van der Waals surface area contributed by atoms with Gasteiger partial charge in [0.2, 0.25) is 11.7 Å². The maximum absolute atomic E-state index is 5.63. The van der Waals surface area contributed by atoms with Gasteiger partial charge >= 0.3 is 0 Å². The summed E-state index contributed by atoms with van der Waals surface area (Å²) in [5, 5.41) is 7.77. The molecule has 112 valence electrons. The molecule has 2 aliphatic rings. The lowest BCUT2D eigenvalue weighted by molar-refractivity contribution is 0.0518. The Bertz CT molecular complexity index is 423. The van der Waals surface area contributed by atoms with Crippen molar-refractivity contribution in [2.45, 2.75) is 70.6 Å². The number of fused-ring (bicyclic) bond motifs is 2. The largest absolute Gasteiger partial charge is 0.370 e. The zero-order valence-electron chi connectivity index (χ0n) is 12.5. The van der Waals surface area contributed by atoms with Crippen LogP contribution in [0.2, 0.25) is 0 Å². The minimum absolute atomic E-state index is 0.0262. The molecule has 3 atom stereocenters. The SMILES string of the molecule is CCOC(CC)c1noc(CC2CC3CCC(C2)N3)n1. The lowest BCUT2D eigenvalue weighted by Gasteiger charge is -2.28. The molecule has 0 radical (unpaired) electrons. The van der Waals surface area contributed by atoms with Gasteiger partial charge in [-0.25, -0.2) is 0 Å². The van der Waals surface area contributed by atoms with Gasteiger partial charge in [0, 0.05) is 25.1 Å². The summed E-state index contributed by atoms with van der Waals surface area (Å²) in [5.41, 5.74) is 0. The molecule has 0 amide bonds. The van der Waals surface area contributed by atoms with E-state index in [9.17, 15) is 0 Å². The van der Waals surface area contributed by atoms with E-state index in [4.69, 9.17) is 9.26 Å². The van der Waals surface area contributed by atoms with Crippen molar-refractivity contribution >= 4 is 0 Å². The Kier molecular flexibility index (Phi) is 4.36.